The van der Waals surface area contributed by atoms with Crippen molar-refractivity contribution in [2.75, 3.05) is 17.2 Å². The van der Waals surface area contributed by atoms with E-state index in [0.717, 1.165) is 34.3 Å². The minimum atomic E-state index is -0.249. The molecule has 4 heteroatoms. The van der Waals surface area contributed by atoms with Gasteiger partial charge in [-0.1, -0.05) is 0 Å². The van der Waals surface area contributed by atoms with E-state index in [4.69, 9.17) is 5.73 Å². The first-order chi connectivity index (χ1) is 8.58. The molecule has 100 valence electrons. The molecule has 2 rings (SSSR count). The summed E-state index contributed by atoms with van der Waals surface area (Å²) in [5, 5.41) is 9.62. The number of rotatable bonds is 3. The Morgan fingerprint density at radius 2 is 2.28 bits per heavy atom. The third-order valence-electron chi connectivity index (χ3n) is 3.54. The molecule has 1 aromatic carbocycles. The zero-order valence-electron chi connectivity index (χ0n) is 10.8. The maximum Gasteiger partial charge on any atom is 0.0603 e. The molecular formula is C14H21IN2O. The van der Waals surface area contributed by atoms with Gasteiger partial charge in [0.1, 0.15) is 0 Å². The molecule has 0 spiro atoms. The molecule has 1 aliphatic heterocycles. The topological polar surface area (TPSA) is 49.5 Å². The third kappa shape index (κ3) is 3.29. The Morgan fingerprint density at radius 3 is 2.94 bits per heavy atom. The van der Waals surface area contributed by atoms with Gasteiger partial charge in [-0.05, 0) is 73.4 Å². The van der Waals surface area contributed by atoms with Crippen molar-refractivity contribution in [2.24, 2.45) is 0 Å². The third-order valence-corrected chi connectivity index (χ3v) is 4.21. The standard InChI is InChI=1S/C14H21IN2O/c1-10(18)8-12-4-2-3-7-17(12)14-6-5-11(15)9-13(14)16/h5-6,9-10,12,18H,2-4,7-8,16H2,1H3. The van der Waals surface area contributed by atoms with Crippen molar-refractivity contribution < 1.29 is 5.11 Å². The van der Waals surface area contributed by atoms with Gasteiger partial charge in [-0.3, -0.25) is 0 Å². The summed E-state index contributed by atoms with van der Waals surface area (Å²) in [5.41, 5.74) is 8.11. The average Bonchev–Trinajstić information content (AvgIpc) is 2.30. The van der Waals surface area contributed by atoms with Gasteiger partial charge in [0.05, 0.1) is 17.5 Å². The number of aliphatic hydroxyl groups excluding tert-OH is 1. The van der Waals surface area contributed by atoms with Crippen LogP contribution in [0.2, 0.25) is 0 Å². The van der Waals surface area contributed by atoms with Crippen molar-refractivity contribution >= 4 is 34.0 Å². The lowest BCUT2D eigenvalue weighted by Crippen LogP contribution is -2.41. The molecular weight excluding hydrogens is 339 g/mol. The van der Waals surface area contributed by atoms with Gasteiger partial charge in [-0.25, -0.2) is 0 Å². The summed E-state index contributed by atoms with van der Waals surface area (Å²) in [6, 6.07) is 6.64. The van der Waals surface area contributed by atoms with Crippen LogP contribution in [0.3, 0.4) is 0 Å². The van der Waals surface area contributed by atoms with Crippen LogP contribution in [0, 0.1) is 3.57 Å². The van der Waals surface area contributed by atoms with Crippen molar-refractivity contribution in [3.05, 3.63) is 21.8 Å². The highest BCUT2D eigenvalue weighted by Gasteiger charge is 2.25. The van der Waals surface area contributed by atoms with Crippen molar-refractivity contribution in [1.82, 2.24) is 0 Å². The molecule has 3 N–H and O–H groups in total. The van der Waals surface area contributed by atoms with E-state index in [2.05, 4.69) is 39.6 Å². The number of hydrogen-bond donors (Lipinski definition) is 2. The predicted octanol–water partition coefficient (Wildman–Crippen LogP) is 3.00. The van der Waals surface area contributed by atoms with Crippen LogP contribution in [0.1, 0.15) is 32.6 Å². The number of anilines is 2. The molecule has 0 saturated carbocycles. The number of piperidine rings is 1. The molecule has 0 aliphatic carbocycles. The highest BCUT2D eigenvalue weighted by molar-refractivity contribution is 14.1. The zero-order valence-corrected chi connectivity index (χ0v) is 12.9. The normalized spacial score (nSPS) is 21.9. The first kappa shape index (κ1) is 13.9. The van der Waals surface area contributed by atoms with E-state index in [-0.39, 0.29) is 6.10 Å². The molecule has 0 aromatic heterocycles. The largest absolute Gasteiger partial charge is 0.397 e. The Morgan fingerprint density at radius 1 is 1.50 bits per heavy atom. The van der Waals surface area contributed by atoms with Gasteiger partial charge in [0.15, 0.2) is 0 Å². The monoisotopic (exact) mass is 360 g/mol. The van der Waals surface area contributed by atoms with E-state index in [1.165, 1.54) is 12.8 Å². The second-order valence-electron chi connectivity index (χ2n) is 5.13. The smallest absolute Gasteiger partial charge is 0.0603 e. The van der Waals surface area contributed by atoms with E-state index in [1.54, 1.807) is 0 Å². The molecule has 2 atom stereocenters. The van der Waals surface area contributed by atoms with Gasteiger partial charge in [0.2, 0.25) is 0 Å². The van der Waals surface area contributed by atoms with Crippen LogP contribution < -0.4 is 10.6 Å². The van der Waals surface area contributed by atoms with Crippen LogP contribution in [-0.2, 0) is 0 Å². The fraction of sp³-hybridized carbons (Fsp3) is 0.571. The molecule has 3 nitrogen and oxygen atoms in total. The maximum atomic E-state index is 9.62. The Kier molecular flexibility index (Phi) is 4.72. The SMILES string of the molecule is CC(O)CC1CCCCN1c1ccc(I)cc1N. The van der Waals surface area contributed by atoms with E-state index >= 15 is 0 Å². The molecule has 1 aliphatic rings. The summed E-state index contributed by atoms with van der Waals surface area (Å²) in [6.45, 7) is 2.91. The number of nitrogen functional groups attached to an aromatic ring is 1. The first-order valence-electron chi connectivity index (χ1n) is 6.57. The first-order valence-corrected chi connectivity index (χ1v) is 7.65. The van der Waals surface area contributed by atoms with Crippen molar-refractivity contribution in [3.8, 4) is 0 Å². The minimum absolute atomic E-state index is 0.249. The van der Waals surface area contributed by atoms with Gasteiger partial charge in [0.25, 0.3) is 0 Å². The van der Waals surface area contributed by atoms with E-state index in [0.29, 0.717) is 6.04 Å². The predicted molar refractivity (Wildman–Crippen MR) is 84.9 cm³/mol. The second kappa shape index (κ2) is 6.10. The highest BCUT2D eigenvalue weighted by Crippen LogP contribution is 2.32. The molecule has 0 radical (unpaired) electrons. The van der Waals surface area contributed by atoms with Gasteiger partial charge >= 0.3 is 0 Å². The number of nitrogens with two attached hydrogens (primary N) is 1. The molecule has 1 aromatic rings. The Labute approximate surface area is 123 Å². The minimum Gasteiger partial charge on any atom is -0.397 e. The van der Waals surface area contributed by atoms with Crippen LogP contribution in [0.15, 0.2) is 18.2 Å². The van der Waals surface area contributed by atoms with Gasteiger partial charge < -0.3 is 15.7 Å². The number of benzene rings is 1. The Balaban J connectivity index is 2.22. The summed E-state index contributed by atoms with van der Waals surface area (Å²) in [6.07, 6.45) is 4.18. The lowest BCUT2D eigenvalue weighted by molar-refractivity contribution is 0.167. The summed E-state index contributed by atoms with van der Waals surface area (Å²) in [4.78, 5) is 2.38. The summed E-state index contributed by atoms with van der Waals surface area (Å²) < 4.78 is 1.16. The van der Waals surface area contributed by atoms with Gasteiger partial charge in [-0.15, -0.1) is 0 Å². The van der Waals surface area contributed by atoms with Crippen LogP contribution >= 0.6 is 22.6 Å². The van der Waals surface area contributed by atoms with Crippen LogP contribution in [0.5, 0.6) is 0 Å². The quantitative estimate of drug-likeness (QED) is 0.644. The lowest BCUT2D eigenvalue weighted by Gasteiger charge is -2.39. The summed E-state index contributed by atoms with van der Waals surface area (Å²) in [5.74, 6) is 0. The fourth-order valence-electron chi connectivity index (χ4n) is 2.74. The Hall–Kier alpha value is -0.490. The van der Waals surface area contributed by atoms with Gasteiger partial charge in [-0.2, -0.15) is 0 Å². The van der Waals surface area contributed by atoms with Crippen LogP contribution in [0.25, 0.3) is 0 Å². The number of aliphatic hydroxyl groups is 1. The van der Waals surface area contributed by atoms with Crippen molar-refractivity contribution in [1.29, 1.82) is 0 Å². The Bertz CT molecular complexity index is 409. The highest BCUT2D eigenvalue weighted by atomic mass is 127. The number of halogens is 1. The van der Waals surface area contributed by atoms with Crippen molar-refractivity contribution in [2.45, 2.75) is 44.8 Å². The van der Waals surface area contributed by atoms with Crippen molar-refractivity contribution in [3.63, 3.8) is 0 Å². The lowest BCUT2D eigenvalue weighted by atomic mass is 9.96. The molecule has 1 heterocycles. The maximum absolute atomic E-state index is 9.62. The zero-order chi connectivity index (χ0) is 13.1. The summed E-state index contributed by atoms with van der Waals surface area (Å²) >= 11 is 2.28. The molecule has 18 heavy (non-hydrogen) atoms. The molecule has 0 amide bonds. The number of hydrogen-bond acceptors (Lipinski definition) is 3. The second-order valence-corrected chi connectivity index (χ2v) is 6.38. The number of nitrogens with zero attached hydrogens (tertiary/aromatic N) is 1. The summed E-state index contributed by atoms with van der Waals surface area (Å²) in [7, 11) is 0. The fourth-order valence-corrected chi connectivity index (χ4v) is 3.26. The van der Waals surface area contributed by atoms with Gasteiger partial charge in [0, 0.05) is 16.2 Å². The molecule has 1 saturated heterocycles. The van der Waals surface area contributed by atoms with E-state index < -0.39 is 0 Å². The van der Waals surface area contributed by atoms with Crippen LogP contribution in [-0.4, -0.2) is 23.8 Å². The van der Waals surface area contributed by atoms with E-state index in [9.17, 15) is 5.11 Å². The van der Waals surface area contributed by atoms with E-state index in [1.807, 2.05) is 13.0 Å². The molecule has 1 fully saturated rings. The molecule has 0 bridgehead atoms. The average molecular weight is 360 g/mol. The molecule has 2 unspecified atom stereocenters. The van der Waals surface area contributed by atoms with Crippen LogP contribution in [0.4, 0.5) is 11.4 Å².